The Balaban J connectivity index is 1.82. The van der Waals surface area contributed by atoms with Crippen LogP contribution in [-0.4, -0.2) is 22.2 Å². The molecule has 1 aromatic carbocycles. The summed E-state index contributed by atoms with van der Waals surface area (Å²) >= 11 is 0. The minimum atomic E-state index is 0.362. The third-order valence-electron chi connectivity index (χ3n) is 2.69. The number of rotatable bonds is 4. The van der Waals surface area contributed by atoms with Crippen molar-refractivity contribution in [2.75, 3.05) is 12.4 Å². The van der Waals surface area contributed by atoms with Gasteiger partial charge in [0.05, 0.1) is 0 Å². The van der Waals surface area contributed by atoms with Crippen LogP contribution in [0.4, 0.5) is 5.69 Å². The Bertz CT molecular complexity index is 681. The molecule has 20 heavy (non-hydrogen) atoms. The summed E-state index contributed by atoms with van der Waals surface area (Å²) in [6.45, 7) is 0. The number of nitrogens with one attached hydrogen (secondary N) is 1. The highest BCUT2D eigenvalue weighted by Crippen LogP contribution is 2.25. The van der Waals surface area contributed by atoms with Crippen LogP contribution < -0.4 is 10.1 Å². The average molecular weight is 268 g/mol. The van der Waals surface area contributed by atoms with Gasteiger partial charge in [-0.25, -0.2) is 0 Å². The Morgan fingerprint density at radius 2 is 1.95 bits per heavy atom. The van der Waals surface area contributed by atoms with Crippen LogP contribution in [-0.2, 0) is 0 Å². The number of benzene rings is 1. The molecule has 0 aliphatic carbocycles. The normalized spacial score (nSPS) is 10.2. The maximum absolute atomic E-state index is 5.76. The lowest BCUT2D eigenvalue weighted by molar-refractivity contribution is 0.481. The molecule has 3 rings (SSSR count). The molecular formula is C14H12N4O2. The van der Waals surface area contributed by atoms with Gasteiger partial charge in [-0.15, -0.1) is 10.2 Å². The standard InChI is InChI=1S/C14H12N4O2/c1-15-10-2-4-11(5-3-10)20-12-6-7-16-13(8-12)14-18-17-9-19-14/h2-9,15H,1H3. The van der Waals surface area contributed by atoms with E-state index in [1.807, 2.05) is 31.3 Å². The first-order valence-electron chi connectivity index (χ1n) is 6.03. The molecule has 0 bridgehead atoms. The van der Waals surface area contributed by atoms with E-state index in [2.05, 4.69) is 20.5 Å². The van der Waals surface area contributed by atoms with Crippen molar-refractivity contribution in [3.63, 3.8) is 0 Å². The predicted octanol–water partition coefficient (Wildman–Crippen LogP) is 2.97. The van der Waals surface area contributed by atoms with Gasteiger partial charge in [-0.2, -0.15) is 0 Å². The molecule has 2 aromatic heterocycles. The monoisotopic (exact) mass is 268 g/mol. The molecule has 6 heteroatoms. The molecule has 0 aliphatic rings. The molecule has 0 unspecified atom stereocenters. The van der Waals surface area contributed by atoms with Crippen LogP contribution in [0.1, 0.15) is 0 Å². The lowest BCUT2D eigenvalue weighted by Crippen LogP contribution is -1.90. The SMILES string of the molecule is CNc1ccc(Oc2ccnc(-c3nnco3)c2)cc1. The summed E-state index contributed by atoms with van der Waals surface area (Å²) in [5.41, 5.74) is 1.60. The van der Waals surface area contributed by atoms with Gasteiger partial charge in [0, 0.05) is 25.0 Å². The summed E-state index contributed by atoms with van der Waals surface area (Å²) in [5.74, 6) is 1.76. The molecule has 0 amide bonds. The molecule has 6 nitrogen and oxygen atoms in total. The van der Waals surface area contributed by atoms with Gasteiger partial charge in [0.2, 0.25) is 6.39 Å². The van der Waals surface area contributed by atoms with Gasteiger partial charge in [-0.05, 0) is 30.3 Å². The lowest BCUT2D eigenvalue weighted by atomic mass is 10.3. The number of pyridine rings is 1. The number of hydrogen-bond donors (Lipinski definition) is 1. The summed E-state index contributed by atoms with van der Waals surface area (Å²) in [4.78, 5) is 4.16. The fourth-order valence-electron chi connectivity index (χ4n) is 1.70. The first-order chi connectivity index (χ1) is 9.85. The molecule has 0 aliphatic heterocycles. The second kappa shape index (κ2) is 5.40. The van der Waals surface area contributed by atoms with Gasteiger partial charge in [-0.1, -0.05) is 0 Å². The van der Waals surface area contributed by atoms with Gasteiger partial charge in [-0.3, -0.25) is 4.98 Å². The van der Waals surface area contributed by atoms with E-state index in [0.29, 0.717) is 17.3 Å². The van der Waals surface area contributed by atoms with Gasteiger partial charge in [0.15, 0.2) is 0 Å². The summed E-state index contributed by atoms with van der Waals surface area (Å²) in [5, 5.41) is 10.5. The lowest BCUT2D eigenvalue weighted by Gasteiger charge is -2.07. The fraction of sp³-hybridized carbons (Fsp3) is 0.0714. The second-order valence-electron chi connectivity index (χ2n) is 4.00. The largest absolute Gasteiger partial charge is 0.457 e. The van der Waals surface area contributed by atoms with Gasteiger partial charge < -0.3 is 14.5 Å². The van der Waals surface area contributed by atoms with Crippen LogP contribution in [0, 0.1) is 0 Å². The van der Waals surface area contributed by atoms with Crippen molar-refractivity contribution in [3.05, 3.63) is 49.0 Å². The van der Waals surface area contributed by atoms with E-state index in [1.165, 1.54) is 6.39 Å². The number of aromatic nitrogens is 3. The molecule has 0 radical (unpaired) electrons. The van der Waals surface area contributed by atoms with Crippen LogP contribution in [0.25, 0.3) is 11.6 Å². The Hall–Kier alpha value is -2.89. The zero-order valence-electron chi connectivity index (χ0n) is 10.8. The van der Waals surface area contributed by atoms with Crippen molar-refractivity contribution in [3.8, 4) is 23.1 Å². The molecule has 0 atom stereocenters. The number of hydrogen-bond acceptors (Lipinski definition) is 6. The van der Waals surface area contributed by atoms with Crippen molar-refractivity contribution in [1.82, 2.24) is 15.2 Å². The maximum Gasteiger partial charge on any atom is 0.266 e. The van der Waals surface area contributed by atoms with Crippen molar-refractivity contribution >= 4 is 5.69 Å². The quantitative estimate of drug-likeness (QED) is 0.784. The van der Waals surface area contributed by atoms with Gasteiger partial charge in [0.25, 0.3) is 5.89 Å². The zero-order chi connectivity index (χ0) is 13.8. The maximum atomic E-state index is 5.76. The third-order valence-corrected chi connectivity index (χ3v) is 2.69. The minimum Gasteiger partial charge on any atom is -0.457 e. The van der Waals surface area contributed by atoms with Crippen molar-refractivity contribution in [1.29, 1.82) is 0 Å². The number of ether oxygens (including phenoxy) is 1. The van der Waals surface area contributed by atoms with E-state index in [1.54, 1.807) is 18.3 Å². The molecular weight excluding hydrogens is 256 g/mol. The van der Waals surface area contributed by atoms with Crippen LogP contribution in [0.5, 0.6) is 11.5 Å². The van der Waals surface area contributed by atoms with E-state index >= 15 is 0 Å². The molecule has 0 saturated carbocycles. The second-order valence-corrected chi connectivity index (χ2v) is 4.00. The van der Waals surface area contributed by atoms with Gasteiger partial charge in [0.1, 0.15) is 17.2 Å². The first kappa shape index (κ1) is 12.2. The molecule has 3 aromatic rings. The molecule has 2 heterocycles. The van der Waals surface area contributed by atoms with Crippen LogP contribution >= 0.6 is 0 Å². The molecule has 1 N–H and O–H groups in total. The van der Waals surface area contributed by atoms with Crippen molar-refractivity contribution in [2.24, 2.45) is 0 Å². The summed E-state index contributed by atoms with van der Waals surface area (Å²) in [6.07, 6.45) is 2.90. The first-order valence-corrected chi connectivity index (χ1v) is 6.03. The summed E-state index contributed by atoms with van der Waals surface area (Å²) in [7, 11) is 1.87. The number of anilines is 1. The van der Waals surface area contributed by atoms with Gasteiger partial charge >= 0.3 is 0 Å². The highest BCUT2D eigenvalue weighted by molar-refractivity contribution is 5.50. The van der Waals surface area contributed by atoms with Crippen LogP contribution in [0.3, 0.4) is 0 Å². The summed E-state index contributed by atoms with van der Waals surface area (Å²) < 4.78 is 10.9. The Labute approximate surface area is 115 Å². The van der Waals surface area contributed by atoms with E-state index in [4.69, 9.17) is 9.15 Å². The topological polar surface area (TPSA) is 73.1 Å². The molecule has 0 spiro atoms. The number of nitrogens with zero attached hydrogens (tertiary/aromatic N) is 3. The smallest absolute Gasteiger partial charge is 0.266 e. The minimum absolute atomic E-state index is 0.362. The Morgan fingerprint density at radius 3 is 2.65 bits per heavy atom. The van der Waals surface area contributed by atoms with E-state index in [9.17, 15) is 0 Å². The molecule has 0 saturated heterocycles. The molecule has 0 fully saturated rings. The van der Waals surface area contributed by atoms with Crippen molar-refractivity contribution < 1.29 is 9.15 Å². The highest BCUT2D eigenvalue weighted by Gasteiger charge is 2.07. The van der Waals surface area contributed by atoms with E-state index in [-0.39, 0.29) is 0 Å². The predicted molar refractivity (Wildman–Crippen MR) is 73.6 cm³/mol. The zero-order valence-corrected chi connectivity index (χ0v) is 10.8. The van der Waals surface area contributed by atoms with E-state index in [0.717, 1.165) is 11.4 Å². The van der Waals surface area contributed by atoms with Crippen molar-refractivity contribution in [2.45, 2.75) is 0 Å². The van der Waals surface area contributed by atoms with Crippen LogP contribution in [0.2, 0.25) is 0 Å². The average Bonchev–Trinajstić information content (AvgIpc) is 3.03. The van der Waals surface area contributed by atoms with Crippen LogP contribution in [0.15, 0.2) is 53.4 Å². The molecule has 100 valence electrons. The van der Waals surface area contributed by atoms with E-state index < -0.39 is 0 Å². The summed E-state index contributed by atoms with van der Waals surface area (Å²) in [6, 6.07) is 11.2. The fourth-order valence-corrected chi connectivity index (χ4v) is 1.70. The Kier molecular flexibility index (Phi) is 3.28. The Morgan fingerprint density at radius 1 is 1.10 bits per heavy atom. The third kappa shape index (κ3) is 2.59. The highest BCUT2D eigenvalue weighted by atomic mass is 16.5.